The van der Waals surface area contributed by atoms with E-state index in [1.165, 1.54) is 69.4 Å². The van der Waals surface area contributed by atoms with Crippen LogP contribution in [-0.4, -0.2) is 4.98 Å². The standard InChI is InChI=1S/C55H36N2S2/c1-4-12-37(13-5-1)39-20-22-42(23-21-39)47-18-10-11-19-50(47)57(45-29-24-40(25-30-45)38-14-6-2-7-15-38)46-31-26-41(27-32-46)44-28-33-48-52(36-44)58-51-35-34-49-54(53(48)51)59-55(56-49)43-16-8-3-9-17-43/h1-36H. The maximum absolute atomic E-state index is 5.03. The number of hydrogen-bond acceptors (Lipinski definition) is 4. The minimum absolute atomic E-state index is 1.06. The molecule has 2 aromatic heterocycles. The third kappa shape index (κ3) is 6.59. The fourth-order valence-electron chi connectivity index (χ4n) is 8.18. The lowest BCUT2D eigenvalue weighted by Gasteiger charge is -2.28. The molecule has 0 radical (unpaired) electrons. The molecule has 278 valence electrons. The van der Waals surface area contributed by atoms with Crippen LogP contribution in [-0.2, 0) is 0 Å². The highest BCUT2D eigenvalue weighted by atomic mass is 32.1. The van der Waals surface area contributed by atoms with Crippen molar-refractivity contribution >= 4 is 70.1 Å². The van der Waals surface area contributed by atoms with E-state index in [-0.39, 0.29) is 0 Å². The van der Waals surface area contributed by atoms with Crippen LogP contribution in [0.4, 0.5) is 17.1 Å². The Kier molecular flexibility index (Phi) is 8.92. The lowest BCUT2D eigenvalue weighted by Crippen LogP contribution is -2.11. The molecule has 0 atom stereocenters. The van der Waals surface area contributed by atoms with Gasteiger partial charge in [0.05, 0.1) is 15.9 Å². The van der Waals surface area contributed by atoms with Gasteiger partial charge in [0.2, 0.25) is 0 Å². The highest BCUT2D eigenvalue weighted by Gasteiger charge is 2.19. The van der Waals surface area contributed by atoms with Gasteiger partial charge in [0.25, 0.3) is 0 Å². The van der Waals surface area contributed by atoms with Crippen molar-refractivity contribution in [1.29, 1.82) is 0 Å². The van der Waals surface area contributed by atoms with Gasteiger partial charge in [0, 0.05) is 42.7 Å². The molecule has 0 bridgehead atoms. The molecule has 4 heteroatoms. The third-order valence-electron chi connectivity index (χ3n) is 11.2. The van der Waals surface area contributed by atoms with Crippen LogP contribution in [0.3, 0.4) is 0 Å². The molecule has 59 heavy (non-hydrogen) atoms. The molecule has 0 saturated carbocycles. The second kappa shape index (κ2) is 15.0. The normalized spacial score (nSPS) is 11.4. The summed E-state index contributed by atoms with van der Waals surface area (Å²) in [5.41, 5.74) is 15.1. The molecule has 0 aliphatic heterocycles. The molecule has 0 N–H and O–H groups in total. The zero-order valence-electron chi connectivity index (χ0n) is 32.0. The lowest BCUT2D eigenvalue weighted by molar-refractivity contribution is 1.28. The largest absolute Gasteiger partial charge is 0.310 e. The van der Waals surface area contributed by atoms with Gasteiger partial charge < -0.3 is 4.90 Å². The minimum Gasteiger partial charge on any atom is -0.310 e. The number of nitrogens with zero attached hydrogens (tertiary/aromatic N) is 2. The molecule has 11 rings (SSSR count). The SMILES string of the molecule is c1ccc(-c2ccc(-c3ccccc3N(c3ccc(-c4ccccc4)cc3)c3ccc(-c4ccc5c(c4)sc4ccc6nc(-c7ccccc7)sc6c45)cc3)cc2)cc1. The Morgan fingerprint density at radius 3 is 1.47 bits per heavy atom. The number of thiophene rings is 1. The molecule has 0 aliphatic carbocycles. The van der Waals surface area contributed by atoms with Gasteiger partial charge in [-0.15, -0.1) is 22.7 Å². The quantitative estimate of drug-likeness (QED) is 0.152. The molecule has 11 aromatic rings. The van der Waals surface area contributed by atoms with E-state index in [2.05, 4.69) is 223 Å². The van der Waals surface area contributed by atoms with Crippen LogP contribution in [0.1, 0.15) is 0 Å². The maximum Gasteiger partial charge on any atom is 0.124 e. The van der Waals surface area contributed by atoms with Gasteiger partial charge in [0.1, 0.15) is 5.01 Å². The number of anilines is 3. The van der Waals surface area contributed by atoms with E-state index < -0.39 is 0 Å². The summed E-state index contributed by atoms with van der Waals surface area (Å²) in [6.07, 6.45) is 0. The molecular formula is C55H36N2S2. The van der Waals surface area contributed by atoms with Crippen LogP contribution in [0.25, 0.3) is 85.5 Å². The second-order valence-corrected chi connectivity index (χ2v) is 16.8. The monoisotopic (exact) mass is 788 g/mol. The summed E-state index contributed by atoms with van der Waals surface area (Å²) in [7, 11) is 0. The van der Waals surface area contributed by atoms with Crippen LogP contribution in [0.2, 0.25) is 0 Å². The Hall–Kier alpha value is -7.11. The Labute approximate surface area is 351 Å². The summed E-state index contributed by atoms with van der Waals surface area (Å²) in [6.45, 7) is 0. The zero-order chi connectivity index (χ0) is 39.1. The van der Waals surface area contributed by atoms with Crippen LogP contribution in [0, 0.1) is 0 Å². The average Bonchev–Trinajstić information content (AvgIpc) is 3.92. The van der Waals surface area contributed by atoms with Crippen molar-refractivity contribution < 1.29 is 0 Å². The summed E-state index contributed by atoms with van der Waals surface area (Å²) in [4.78, 5) is 7.41. The number of hydrogen-bond donors (Lipinski definition) is 0. The first kappa shape index (κ1) is 35.1. The molecule has 0 unspecified atom stereocenters. The lowest BCUT2D eigenvalue weighted by atomic mass is 9.98. The molecule has 2 nitrogen and oxygen atoms in total. The molecule has 0 spiro atoms. The van der Waals surface area contributed by atoms with Crippen LogP contribution < -0.4 is 4.90 Å². The Balaban J connectivity index is 0.972. The first-order valence-electron chi connectivity index (χ1n) is 19.9. The van der Waals surface area contributed by atoms with Gasteiger partial charge in [-0.05, 0) is 87.5 Å². The smallest absolute Gasteiger partial charge is 0.124 e. The molecule has 0 fully saturated rings. The van der Waals surface area contributed by atoms with Crippen molar-refractivity contribution in [2.24, 2.45) is 0 Å². The highest BCUT2D eigenvalue weighted by molar-refractivity contribution is 7.28. The fourth-order valence-corrected chi connectivity index (χ4v) is 10.5. The number of thiazole rings is 1. The van der Waals surface area contributed by atoms with Crippen molar-refractivity contribution in [3.8, 4) is 55.1 Å². The minimum atomic E-state index is 1.06. The van der Waals surface area contributed by atoms with Crippen molar-refractivity contribution in [2.45, 2.75) is 0 Å². The molecule has 0 saturated heterocycles. The van der Waals surface area contributed by atoms with Crippen LogP contribution in [0.5, 0.6) is 0 Å². The van der Waals surface area contributed by atoms with Crippen LogP contribution in [0.15, 0.2) is 218 Å². The van der Waals surface area contributed by atoms with Crippen molar-refractivity contribution in [2.75, 3.05) is 4.90 Å². The van der Waals surface area contributed by atoms with E-state index in [9.17, 15) is 0 Å². The molecule has 9 aromatic carbocycles. The molecular weight excluding hydrogens is 753 g/mol. The Bertz CT molecular complexity index is 3220. The highest BCUT2D eigenvalue weighted by Crippen LogP contribution is 2.45. The zero-order valence-corrected chi connectivity index (χ0v) is 33.6. The van der Waals surface area contributed by atoms with E-state index >= 15 is 0 Å². The van der Waals surface area contributed by atoms with Gasteiger partial charge in [-0.25, -0.2) is 4.98 Å². The van der Waals surface area contributed by atoms with Gasteiger partial charge in [-0.3, -0.25) is 0 Å². The van der Waals surface area contributed by atoms with E-state index in [1.807, 2.05) is 11.3 Å². The predicted octanol–water partition coefficient (Wildman–Crippen LogP) is 16.5. The number of fused-ring (bicyclic) bond motifs is 5. The first-order valence-corrected chi connectivity index (χ1v) is 21.5. The molecule has 0 aliphatic rings. The third-order valence-corrected chi connectivity index (χ3v) is 13.4. The van der Waals surface area contributed by atoms with Gasteiger partial charge in [-0.2, -0.15) is 0 Å². The fraction of sp³-hybridized carbons (Fsp3) is 0. The van der Waals surface area contributed by atoms with E-state index in [0.717, 1.165) is 33.1 Å². The number of rotatable bonds is 8. The number of para-hydroxylation sites is 1. The summed E-state index contributed by atoms with van der Waals surface area (Å²) >= 11 is 3.65. The van der Waals surface area contributed by atoms with Crippen molar-refractivity contribution in [1.82, 2.24) is 4.98 Å². The van der Waals surface area contributed by atoms with Gasteiger partial charge in [0.15, 0.2) is 0 Å². The summed E-state index contributed by atoms with van der Waals surface area (Å²) < 4.78 is 3.84. The maximum atomic E-state index is 5.03. The summed E-state index contributed by atoms with van der Waals surface area (Å²) in [5.74, 6) is 0. The van der Waals surface area contributed by atoms with Gasteiger partial charge in [-0.1, -0.05) is 170 Å². The van der Waals surface area contributed by atoms with Gasteiger partial charge >= 0.3 is 0 Å². The number of benzene rings is 9. The van der Waals surface area contributed by atoms with Crippen molar-refractivity contribution in [3.63, 3.8) is 0 Å². The topological polar surface area (TPSA) is 16.1 Å². The predicted molar refractivity (Wildman–Crippen MR) is 254 cm³/mol. The first-order chi connectivity index (χ1) is 29.2. The summed E-state index contributed by atoms with van der Waals surface area (Å²) in [5, 5.41) is 3.66. The second-order valence-electron chi connectivity index (χ2n) is 14.7. The van der Waals surface area contributed by atoms with E-state index in [1.54, 1.807) is 11.3 Å². The van der Waals surface area contributed by atoms with Crippen molar-refractivity contribution in [3.05, 3.63) is 218 Å². The Morgan fingerprint density at radius 1 is 0.356 bits per heavy atom. The summed E-state index contributed by atoms with van der Waals surface area (Å²) in [6, 6.07) is 78.7. The number of aromatic nitrogens is 1. The van der Waals surface area contributed by atoms with E-state index in [4.69, 9.17) is 4.98 Å². The Morgan fingerprint density at radius 2 is 0.847 bits per heavy atom. The average molecular weight is 789 g/mol. The molecule has 0 amide bonds. The van der Waals surface area contributed by atoms with E-state index in [0.29, 0.717) is 0 Å². The molecule has 2 heterocycles. The van der Waals surface area contributed by atoms with Crippen LogP contribution >= 0.6 is 22.7 Å².